The van der Waals surface area contributed by atoms with Gasteiger partial charge in [-0.25, -0.2) is 0 Å². The molecule has 0 spiro atoms. The first-order chi connectivity index (χ1) is 4.47. The van der Waals surface area contributed by atoms with Crippen molar-refractivity contribution in [2.24, 2.45) is 0 Å². The summed E-state index contributed by atoms with van der Waals surface area (Å²) in [5.74, 6) is 0. The molecule has 1 aromatic carbocycles. The number of benzene rings is 1. The van der Waals surface area contributed by atoms with Crippen molar-refractivity contribution in [3.8, 4) is 0 Å². The highest BCUT2D eigenvalue weighted by atomic mass is 16.0. The highest BCUT2D eigenvalue weighted by molar-refractivity contribution is 5.54. The third-order valence-corrected chi connectivity index (χ3v) is 1.73. The number of hydrogen-bond donors (Lipinski definition) is 2. The van der Waals surface area contributed by atoms with Crippen LogP contribution >= 0.6 is 0 Å². The van der Waals surface area contributed by atoms with Crippen LogP contribution in [0.1, 0.15) is 5.56 Å². The molecule has 1 aliphatic rings. The van der Waals surface area contributed by atoms with Gasteiger partial charge in [0.25, 0.3) is 0 Å². The first-order valence-corrected chi connectivity index (χ1v) is 3.28. The number of fused-ring (bicyclic) bond motifs is 1. The van der Waals surface area contributed by atoms with Crippen LogP contribution in [0, 0.1) is 0 Å². The Morgan fingerprint density at radius 3 is 2.80 bits per heavy atom. The van der Waals surface area contributed by atoms with Crippen LogP contribution in [0.25, 0.3) is 0 Å². The minimum absolute atomic E-state index is 0. The number of rotatable bonds is 0. The maximum absolute atomic E-state index is 3.30. The molecule has 0 bridgehead atoms. The maximum Gasteiger partial charge on any atom is 0.0373 e. The zero-order valence-corrected chi connectivity index (χ0v) is 5.67. The molecule has 1 heterocycles. The zero-order chi connectivity index (χ0) is 6.10. The molecule has 0 aromatic heterocycles. The van der Waals surface area contributed by atoms with Crippen LogP contribution in [0.4, 0.5) is 5.69 Å². The molecule has 2 rings (SSSR count). The highest BCUT2D eigenvalue weighted by Gasteiger charge is 2.05. The van der Waals surface area contributed by atoms with E-state index in [-0.39, 0.29) is 5.48 Å². The molecule has 0 unspecified atom stereocenters. The first kappa shape index (κ1) is 7.09. The Kier molecular flexibility index (Phi) is 1.92. The average Bonchev–Trinajstić information content (AvgIpc) is 2.33. The van der Waals surface area contributed by atoms with Gasteiger partial charge in [0.1, 0.15) is 0 Å². The van der Waals surface area contributed by atoms with Crippen molar-refractivity contribution in [3.63, 3.8) is 0 Å². The quantitative estimate of drug-likeness (QED) is 0.557. The molecule has 0 aliphatic carbocycles. The van der Waals surface area contributed by atoms with Gasteiger partial charge in [0.15, 0.2) is 0 Å². The second-order valence-electron chi connectivity index (χ2n) is 2.33. The summed E-state index contributed by atoms with van der Waals surface area (Å²) in [6.45, 7) is 1.11. The monoisotopic (exact) mass is 136 g/mol. The molecule has 0 amide bonds. The van der Waals surface area contributed by atoms with Gasteiger partial charge < -0.3 is 5.32 Å². The maximum atomic E-state index is 3.30. The standard InChI is InChI=1S/C8H9N.HO/c1-2-4-8-7(3-1)5-6-9-8;/h1-4,9H,5-6H2;1H. The van der Waals surface area contributed by atoms with Gasteiger partial charge in [-0.2, -0.15) is 0 Å². The van der Waals surface area contributed by atoms with Gasteiger partial charge in [0.05, 0.1) is 0 Å². The fraction of sp³-hybridized carbons (Fsp3) is 0.250. The lowest BCUT2D eigenvalue weighted by molar-refractivity contribution is 0.824. The Bertz CT molecular complexity index is 199. The average molecular weight is 136 g/mol. The molecular weight excluding hydrogens is 126 g/mol. The van der Waals surface area contributed by atoms with Gasteiger partial charge in [-0.05, 0) is 18.1 Å². The molecule has 2 N–H and O–H groups in total. The third kappa shape index (κ3) is 0.977. The lowest BCUT2D eigenvalue weighted by Crippen LogP contribution is -1.90. The zero-order valence-electron chi connectivity index (χ0n) is 5.67. The van der Waals surface area contributed by atoms with Crippen LogP contribution in [0.5, 0.6) is 0 Å². The van der Waals surface area contributed by atoms with Crippen LogP contribution in [-0.4, -0.2) is 12.0 Å². The highest BCUT2D eigenvalue weighted by Crippen LogP contribution is 2.19. The van der Waals surface area contributed by atoms with E-state index in [1.165, 1.54) is 17.7 Å². The van der Waals surface area contributed by atoms with E-state index in [4.69, 9.17) is 0 Å². The minimum Gasteiger partial charge on any atom is -0.384 e. The van der Waals surface area contributed by atoms with Crippen LogP contribution in [0.2, 0.25) is 0 Å². The normalized spacial score (nSPS) is 13.2. The number of nitrogens with one attached hydrogen (secondary N) is 1. The number of para-hydroxylation sites is 1. The van der Waals surface area contributed by atoms with Crippen LogP contribution in [0.15, 0.2) is 24.3 Å². The van der Waals surface area contributed by atoms with Crippen molar-refractivity contribution in [2.45, 2.75) is 6.42 Å². The lowest BCUT2D eigenvalue weighted by Gasteiger charge is -1.94. The second-order valence-corrected chi connectivity index (χ2v) is 2.33. The molecule has 0 saturated heterocycles. The van der Waals surface area contributed by atoms with Gasteiger partial charge >= 0.3 is 0 Å². The van der Waals surface area contributed by atoms with Gasteiger partial charge in [-0.15, -0.1) is 0 Å². The van der Waals surface area contributed by atoms with E-state index in [0.29, 0.717) is 0 Å². The predicted octanol–water partition coefficient (Wildman–Crippen LogP) is 1.48. The molecular formula is C8H10NO. The van der Waals surface area contributed by atoms with Gasteiger partial charge in [-0.1, -0.05) is 18.2 Å². The van der Waals surface area contributed by atoms with E-state index in [0.717, 1.165) is 6.54 Å². The van der Waals surface area contributed by atoms with Crippen molar-refractivity contribution in [2.75, 3.05) is 11.9 Å². The molecule has 1 aromatic rings. The van der Waals surface area contributed by atoms with E-state index < -0.39 is 0 Å². The summed E-state index contributed by atoms with van der Waals surface area (Å²) in [6, 6.07) is 8.46. The van der Waals surface area contributed by atoms with Gasteiger partial charge in [0, 0.05) is 12.2 Å². The topological polar surface area (TPSA) is 42.0 Å². The van der Waals surface area contributed by atoms with Crippen molar-refractivity contribution < 1.29 is 5.48 Å². The van der Waals surface area contributed by atoms with Crippen molar-refractivity contribution >= 4 is 5.69 Å². The van der Waals surface area contributed by atoms with E-state index in [1.54, 1.807) is 0 Å². The summed E-state index contributed by atoms with van der Waals surface area (Å²) in [5, 5.41) is 3.30. The Balaban J connectivity index is 0.000000500. The molecule has 53 valence electrons. The summed E-state index contributed by atoms with van der Waals surface area (Å²) in [7, 11) is 0. The molecule has 0 fully saturated rings. The van der Waals surface area contributed by atoms with E-state index in [2.05, 4.69) is 29.6 Å². The molecule has 1 aliphatic heterocycles. The Morgan fingerprint density at radius 1 is 1.20 bits per heavy atom. The largest absolute Gasteiger partial charge is 0.384 e. The summed E-state index contributed by atoms with van der Waals surface area (Å²) in [6.07, 6.45) is 1.19. The Hall–Kier alpha value is -1.02. The summed E-state index contributed by atoms with van der Waals surface area (Å²) in [5.41, 5.74) is 2.77. The molecule has 1 radical (unpaired) electrons. The summed E-state index contributed by atoms with van der Waals surface area (Å²) in [4.78, 5) is 0. The third-order valence-electron chi connectivity index (χ3n) is 1.73. The lowest BCUT2D eigenvalue weighted by atomic mass is 10.2. The van der Waals surface area contributed by atoms with E-state index in [1.807, 2.05) is 0 Å². The molecule has 0 saturated carbocycles. The van der Waals surface area contributed by atoms with Gasteiger partial charge in [-0.3, -0.25) is 5.48 Å². The minimum atomic E-state index is 0. The SMILES string of the molecule is [OH].c1ccc2c(c1)CCN2. The Morgan fingerprint density at radius 2 is 2.00 bits per heavy atom. The van der Waals surface area contributed by atoms with E-state index in [9.17, 15) is 0 Å². The van der Waals surface area contributed by atoms with Crippen molar-refractivity contribution in [1.29, 1.82) is 0 Å². The van der Waals surface area contributed by atoms with Crippen LogP contribution < -0.4 is 5.32 Å². The predicted molar refractivity (Wildman–Crippen MR) is 40.6 cm³/mol. The van der Waals surface area contributed by atoms with Crippen molar-refractivity contribution in [3.05, 3.63) is 29.8 Å². The molecule has 10 heavy (non-hydrogen) atoms. The summed E-state index contributed by atoms with van der Waals surface area (Å²) < 4.78 is 0. The van der Waals surface area contributed by atoms with Crippen LogP contribution in [0.3, 0.4) is 0 Å². The molecule has 2 nitrogen and oxygen atoms in total. The molecule has 2 heteroatoms. The summed E-state index contributed by atoms with van der Waals surface area (Å²) >= 11 is 0. The fourth-order valence-corrected chi connectivity index (χ4v) is 1.24. The Labute approximate surface area is 60.2 Å². The smallest absolute Gasteiger partial charge is 0.0373 e. The van der Waals surface area contributed by atoms with Crippen molar-refractivity contribution in [1.82, 2.24) is 0 Å². The van der Waals surface area contributed by atoms with E-state index >= 15 is 0 Å². The fourth-order valence-electron chi connectivity index (χ4n) is 1.24. The second kappa shape index (κ2) is 2.71. The van der Waals surface area contributed by atoms with Crippen LogP contribution in [-0.2, 0) is 6.42 Å². The molecule has 0 atom stereocenters. The number of hydrogen-bond acceptors (Lipinski definition) is 1. The number of anilines is 1. The first-order valence-electron chi connectivity index (χ1n) is 3.28. The van der Waals surface area contributed by atoms with Gasteiger partial charge in [0.2, 0.25) is 0 Å².